The first-order chi connectivity index (χ1) is 9.01. The van der Waals surface area contributed by atoms with Crippen molar-refractivity contribution < 1.29 is 4.74 Å². The lowest BCUT2D eigenvalue weighted by atomic mass is 9.87. The molecule has 2 heteroatoms. The fourth-order valence-corrected chi connectivity index (χ4v) is 3.15. The van der Waals surface area contributed by atoms with Crippen LogP contribution in [-0.4, -0.2) is 19.2 Å². The van der Waals surface area contributed by atoms with Gasteiger partial charge in [-0.3, -0.25) is 0 Å². The van der Waals surface area contributed by atoms with E-state index in [-0.39, 0.29) is 0 Å². The van der Waals surface area contributed by atoms with Gasteiger partial charge < -0.3 is 10.1 Å². The van der Waals surface area contributed by atoms with E-state index >= 15 is 0 Å². The van der Waals surface area contributed by atoms with Crippen molar-refractivity contribution in [3.8, 4) is 5.75 Å². The summed E-state index contributed by atoms with van der Waals surface area (Å²) in [7, 11) is 1.71. The number of methoxy groups -OCH3 is 1. The van der Waals surface area contributed by atoms with Crippen molar-refractivity contribution in [3.05, 3.63) is 29.8 Å². The minimum atomic E-state index is 0.453. The predicted octanol–water partition coefficient (Wildman–Crippen LogP) is 3.79. The number of ether oxygens (including phenoxy) is 1. The normalized spacial score (nSPS) is 23.3. The van der Waals surface area contributed by atoms with Gasteiger partial charge in [0.25, 0.3) is 0 Å². The molecule has 0 bridgehead atoms. The molecule has 0 saturated heterocycles. The smallest absolute Gasteiger partial charge is 0.118 e. The Morgan fingerprint density at radius 1 is 1.32 bits per heavy atom. The van der Waals surface area contributed by atoms with E-state index in [4.69, 9.17) is 4.74 Å². The molecule has 0 spiro atoms. The van der Waals surface area contributed by atoms with Crippen molar-refractivity contribution in [1.82, 2.24) is 5.32 Å². The summed E-state index contributed by atoms with van der Waals surface area (Å²) >= 11 is 0. The van der Waals surface area contributed by atoms with Gasteiger partial charge in [0.1, 0.15) is 5.75 Å². The van der Waals surface area contributed by atoms with Crippen LogP contribution in [0.15, 0.2) is 24.3 Å². The van der Waals surface area contributed by atoms with E-state index in [1.807, 2.05) is 12.1 Å². The van der Waals surface area contributed by atoms with E-state index < -0.39 is 0 Å². The third-order valence-corrected chi connectivity index (χ3v) is 4.44. The summed E-state index contributed by atoms with van der Waals surface area (Å²) in [5.74, 6) is 0.932. The Morgan fingerprint density at radius 2 is 2.00 bits per heavy atom. The summed E-state index contributed by atoms with van der Waals surface area (Å²) in [4.78, 5) is 0. The average Bonchev–Trinajstić information content (AvgIpc) is 2.69. The van der Waals surface area contributed by atoms with Crippen LogP contribution in [0.2, 0.25) is 0 Å². The van der Waals surface area contributed by atoms with Crippen molar-refractivity contribution in [2.24, 2.45) is 5.41 Å². The molecule has 0 heterocycles. The lowest BCUT2D eigenvalue weighted by molar-refractivity contribution is 0.265. The summed E-state index contributed by atoms with van der Waals surface area (Å²) in [6, 6.07) is 9.60. The van der Waals surface area contributed by atoms with Crippen molar-refractivity contribution >= 4 is 0 Å². The van der Waals surface area contributed by atoms with Crippen LogP contribution < -0.4 is 10.1 Å². The van der Waals surface area contributed by atoms with Gasteiger partial charge in [-0.05, 0) is 49.3 Å². The maximum absolute atomic E-state index is 5.19. The molecular formula is C17H27NO. The molecule has 0 aromatic heterocycles. The van der Waals surface area contributed by atoms with E-state index in [2.05, 4.69) is 38.2 Å². The number of benzene rings is 1. The maximum atomic E-state index is 5.19. The first kappa shape index (κ1) is 14.4. The third-order valence-electron chi connectivity index (χ3n) is 4.44. The topological polar surface area (TPSA) is 21.3 Å². The highest BCUT2D eigenvalue weighted by Gasteiger charge is 2.34. The lowest BCUT2D eigenvalue weighted by Gasteiger charge is -2.31. The molecule has 1 aliphatic carbocycles. The molecule has 1 aromatic carbocycles. The second-order valence-corrected chi connectivity index (χ2v) is 6.55. The minimum Gasteiger partial charge on any atom is -0.497 e. The Hall–Kier alpha value is -1.02. The van der Waals surface area contributed by atoms with E-state index in [1.165, 1.54) is 24.8 Å². The molecule has 0 amide bonds. The zero-order valence-electron chi connectivity index (χ0n) is 12.7. The Kier molecular flexibility index (Phi) is 4.51. The second-order valence-electron chi connectivity index (χ2n) is 6.55. The van der Waals surface area contributed by atoms with Gasteiger partial charge in [0.05, 0.1) is 7.11 Å². The minimum absolute atomic E-state index is 0.453. The van der Waals surface area contributed by atoms with Crippen LogP contribution in [0, 0.1) is 5.41 Å². The summed E-state index contributed by atoms with van der Waals surface area (Å²) in [6.45, 7) is 7.06. The Morgan fingerprint density at radius 3 is 2.53 bits per heavy atom. The summed E-state index contributed by atoms with van der Waals surface area (Å²) in [5, 5.41) is 3.81. The Balaban J connectivity index is 1.88. The molecule has 2 nitrogen and oxygen atoms in total. The molecule has 19 heavy (non-hydrogen) atoms. The van der Waals surface area contributed by atoms with Gasteiger partial charge in [-0.1, -0.05) is 32.4 Å². The highest BCUT2D eigenvalue weighted by Crippen LogP contribution is 2.37. The molecule has 1 aliphatic rings. The van der Waals surface area contributed by atoms with Gasteiger partial charge in [0, 0.05) is 12.1 Å². The van der Waals surface area contributed by atoms with Gasteiger partial charge in [-0.2, -0.15) is 0 Å². The van der Waals surface area contributed by atoms with Crippen LogP contribution in [-0.2, 0) is 6.42 Å². The number of nitrogens with one attached hydrogen (secondary N) is 1. The van der Waals surface area contributed by atoms with Crippen LogP contribution >= 0.6 is 0 Å². The van der Waals surface area contributed by atoms with Gasteiger partial charge in [0.2, 0.25) is 0 Å². The summed E-state index contributed by atoms with van der Waals surface area (Å²) in [5.41, 5.74) is 1.82. The standard InChI is InChI=1S/C17H27NO/c1-13(18-16-6-5-11-17(16,2)3)12-14-7-9-15(19-4)10-8-14/h7-10,13,16,18H,5-6,11-12H2,1-4H3. The SMILES string of the molecule is COc1ccc(CC(C)NC2CCCC2(C)C)cc1. The van der Waals surface area contributed by atoms with Crippen LogP contribution in [0.4, 0.5) is 0 Å². The molecule has 106 valence electrons. The van der Waals surface area contributed by atoms with Crippen LogP contribution in [0.5, 0.6) is 5.75 Å². The van der Waals surface area contributed by atoms with Crippen molar-refractivity contribution in [2.75, 3.05) is 7.11 Å². The average molecular weight is 261 g/mol. The number of rotatable bonds is 5. The quantitative estimate of drug-likeness (QED) is 0.870. The van der Waals surface area contributed by atoms with Crippen LogP contribution in [0.1, 0.15) is 45.6 Å². The second kappa shape index (κ2) is 5.96. The molecule has 1 aromatic rings. The Labute approximate surface area is 117 Å². The van der Waals surface area contributed by atoms with Gasteiger partial charge in [-0.25, -0.2) is 0 Å². The van der Waals surface area contributed by atoms with E-state index in [1.54, 1.807) is 7.11 Å². The number of hydrogen-bond acceptors (Lipinski definition) is 2. The molecule has 1 fully saturated rings. The van der Waals surface area contributed by atoms with Gasteiger partial charge >= 0.3 is 0 Å². The summed E-state index contributed by atoms with van der Waals surface area (Å²) < 4.78 is 5.19. The van der Waals surface area contributed by atoms with Gasteiger partial charge in [0.15, 0.2) is 0 Å². The zero-order chi connectivity index (χ0) is 13.9. The van der Waals surface area contributed by atoms with Crippen LogP contribution in [0.25, 0.3) is 0 Å². The molecule has 2 rings (SSSR count). The largest absolute Gasteiger partial charge is 0.497 e. The molecule has 2 atom stereocenters. The monoisotopic (exact) mass is 261 g/mol. The highest BCUT2D eigenvalue weighted by atomic mass is 16.5. The maximum Gasteiger partial charge on any atom is 0.118 e. The lowest BCUT2D eigenvalue weighted by Crippen LogP contribution is -2.43. The van der Waals surface area contributed by atoms with Gasteiger partial charge in [-0.15, -0.1) is 0 Å². The third kappa shape index (κ3) is 3.73. The zero-order valence-corrected chi connectivity index (χ0v) is 12.7. The highest BCUT2D eigenvalue weighted by molar-refractivity contribution is 5.27. The van der Waals surface area contributed by atoms with E-state index in [0.29, 0.717) is 17.5 Å². The first-order valence-corrected chi connectivity index (χ1v) is 7.40. The summed E-state index contributed by atoms with van der Waals surface area (Å²) in [6.07, 6.45) is 5.11. The fourth-order valence-electron chi connectivity index (χ4n) is 3.15. The molecule has 1 saturated carbocycles. The Bertz CT molecular complexity index is 396. The van der Waals surface area contributed by atoms with E-state index in [0.717, 1.165) is 12.2 Å². The van der Waals surface area contributed by atoms with Crippen LogP contribution in [0.3, 0.4) is 0 Å². The molecule has 1 N–H and O–H groups in total. The van der Waals surface area contributed by atoms with E-state index in [9.17, 15) is 0 Å². The predicted molar refractivity (Wildman–Crippen MR) is 80.7 cm³/mol. The molecular weight excluding hydrogens is 234 g/mol. The first-order valence-electron chi connectivity index (χ1n) is 7.40. The van der Waals surface area contributed by atoms with Crippen molar-refractivity contribution in [2.45, 2.75) is 58.5 Å². The number of hydrogen-bond donors (Lipinski definition) is 1. The molecule has 2 unspecified atom stereocenters. The van der Waals surface area contributed by atoms with Crippen molar-refractivity contribution in [1.29, 1.82) is 0 Å². The fraction of sp³-hybridized carbons (Fsp3) is 0.647. The van der Waals surface area contributed by atoms with Crippen molar-refractivity contribution in [3.63, 3.8) is 0 Å². The molecule has 0 aliphatic heterocycles. The molecule has 0 radical (unpaired) electrons.